The summed E-state index contributed by atoms with van der Waals surface area (Å²) >= 11 is 0. The lowest BCUT2D eigenvalue weighted by Crippen LogP contribution is -2.49. The predicted octanol–water partition coefficient (Wildman–Crippen LogP) is 2.82. The second-order valence-corrected chi connectivity index (χ2v) is 5.76. The molecule has 2 rings (SSSR count). The van der Waals surface area contributed by atoms with Gasteiger partial charge in [0.05, 0.1) is 11.5 Å². The SMILES string of the molecule is CCC(CC)(CN)C(=O)NC1CCOC1c1ccccc1.Cl. The standard InChI is InChI=1S/C17H26N2O2.ClH/c1-3-17(4-2,12-18)16(20)19-14-10-11-21-15(14)13-8-6-5-7-9-13;/h5-9,14-15H,3-4,10-12,18H2,1-2H3,(H,19,20);1H. The van der Waals surface area contributed by atoms with E-state index in [9.17, 15) is 4.79 Å². The van der Waals surface area contributed by atoms with Crippen LogP contribution in [-0.4, -0.2) is 25.1 Å². The van der Waals surface area contributed by atoms with Crippen molar-refractivity contribution in [2.24, 2.45) is 11.1 Å². The van der Waals surface area contributed by atoms with Crippen LogP contribution in [0.15, 0.2) is 30.3 Å². The van der Waals surface area contributed by atoms with Crippen LogP contribution in [0.1, 0.15) is 44.8 Å². The molecule has 1 aromatic rings. The molecule has 1 aromatic carbocycles. The van der Waals surface area contributed by atoms with Gasteiger partial charge in [-0.3, -0.25) is 4.79 Å². The first-order valence-corrected chi connectivity index (χ1v) is 7.84. The monoisotopic (exact) mass is 326 g/mol. The van der Waals surface area contributed by atoms with Gasteiger partial charge in [-0.15, -0.1) is 12.4 Å². The number of nitrogens with two attached hydrogens (primary N) is 1. The van der Waals surface area contributed by atoms with Gasteiger partial charge in [0.1, 0.15) is 6.10 Å². The number of halogens is 1. The Bertz CT molecular complexity index is 455. The number of rotatable bonds is 6. The van der Waals surface area contributed by atoms with E-state index < -0.39 is 5.41 Å². The molecule has 4 nitrogen and oxygen atoms in total. The molecule has 0 spiro atoms. The zero-order chi connectivity index (χ0) is 15.3. The third-order valence-electron chi connectivity index (χ3n) is 4.76. The van der Waals surface area contributed by atoms with Crippen molar-refractivity contribution in [3.63, 3.8) is 0 Å². The quantitative estimate of drug-likeness (QED) is 0.845. The highest BCUT2D eigenvalue weighted by atomic mass is 35.5. The summed E-state index contributed by atoms with van der Waals surface area (Å²) in [5.41, 5.74) is 6.52. The highest BCUT2D eigenvalue weighted by Crippen LogP contribution is 2.31. The molecule has 0 aliphatic carbocycles. The van der Waals surface area contributed by atoms with E-state index in [0.717, 1.165) is 24.8 Å². The lowest BCUT2D eigenvalue weighted by molar-refractivity contribution is -0.132. The second-order valence-electron chi connectivity index (χ2n) is 5.76. The van der Waals surface area contributed by atoms with Crippen LogP contribution in [0, 0.1) is 5.41 Å². The Hall–Kier alpha value is -1.10. The van der Waals surface area contributed by atoms with E-state index >= 15 is 0 Å². The number of carbonyl (C=O) groups is 1. The van der Waals surface area contributed by atoms with Gasteiger partial charge in [0, 0.05) is 13.2 Å². The fourth-order valence-corrected chi connectivity index (χ4v) is 2.98. The van der Waals surface area contributed by atoms with Gasteiger partial charge in [0.2, 0.25) is 5.91 Å². The maximum absolute atomic E-state index is 12.6. The van der Waals surface area contributed by atoms with Crippen molar-refractivity contribution >= 4 is 18.3 Å². The summed E-state index contributed by atoms with van der Waals surface area (Å²) in [6.07, 6.45) is 2.31. The number of nitrogens with one attached hydrogen (secondary N) is 1. The zero-order valence-corrected chi connectivity index (χ0v) is 14.2. The van der Waals surface area contributed by atoms with Crippen molar-refractivity contribution in [2.45, 2.75) is 45.3 Å². The molecule has 1 fully saturated rings. The Morgan fingerprint density at radius 1 is 1.32 bits per heavy atom. The summed E-state index contributed by atoms with van der Waals surface area (Å²) in [6.45, 7) is 5.11. The van der Waals surface area contributed by atoms with Crippen LogP contribution >= 0.6 is 12.4 Å². The zero-order valence-electron chi connectivity index (χ0n) is 13.4. The Balaban J connectivity index is 0.00000242. The van der Waals surface area contributed by atoms with Crippen LogP contribution in [0.4, 0.5) is 0 Å². The topological polar surface area (TPSA) is 64.4 Å². The Labute approximate surface area is 139 Å². The minimum Gasteiger partial charge on any atom is -0.371 e. The molecule has 1 saturated heterocycles. The first-order chi connectivity index (χ1) is 10.2. The van der Waals surface area contributed by atoms with E-state index in [1.807, 2.05) is 44.2 Å². The normalized spacial score (nSPS) is 21.2. The molecule has 1 aliphatic heterocycles. The fraction of sp³-hybridized carbons (Fsp3) is 0.588. The maximum Gasteiger partial charge on any atom is 0.227 e. The molecule has 0 aromatic heterocycles. The summed E-state index contributed by atoms with van der Waals surface area (Å²) < 4.78 is 5.82. The van der Waals surface area contributed by atoms with Crippen molar-refractivity contribution in [1.82, 2.24) is 5.32 Å². The molecule has 124 valence electrons. The van der Waals surface area contributed by atoms with E-state index in [2.05, 4.69) is 5.32 Å². The maximum atomic E-state index is 12.6. The van der Waals surface area contributed by atoms with Gasteiger partial charge >= 0.3 is 0 Å². The number of benzene rings is 1. The molecular weight excluding hydrogens is 300 g/mol. The average molecular weight is 327 g/mol. The smallest absolute Gasteiger partial charge is 0.227 e. The van der Waals surface area contributed by atoms with Gasteiger partial charge in [-0.1, -0.05) is 44.2 Å². The highest BCUT2D eigenvalue weighted by Gasteiger charge is 2.38. The Morgan fingerprint density at radius 2 is 1.95 bits per heavy atom. The van der Waals surface area contributed by atoms with Crippen molar-refractivity contribution in [2.75, 3.05) is 13.2 Å². The fourth-order valence-electron chi connectivity index (χ4n) is 2.98. The van der Waals surface area contributed by atoms with Gasteiger partial charge in [0.15, 0.2) is 0 Å². The number of hydrogen-bond acceptors (Lipinski definition) is 3. The van der Waals surface area contributed by atoms with Crippen LogP contribution in [0.25, 0.3) is 0 Å². The highest BCUT2D eigenvalue weighted by molar-refractivity contribution is 5.85. The van der Waals surface area contributed by atoms with Crippen molar-refractivity contribution < 1.29 is 9.53 Å². The summed E-state index contributed by atoms with van der Waals surface area (Å²) in [4.78, 5) is 12.6. The number of hydrogen-bond donors (Lipinski definition) is 2. The molecule has 0 radical (unpaired) electrons. The summed E-state index contributed by atoms with van der Waals surface area (Å²) in [6, 6.07) is 10.1. The largest absolute Gasteiger partial charge is 0.371 e. The predicted molar refractivity (Wildman–Crippen MR) is 91.0 cm³/mol. The Morgan fingerprint density at radius 3 is 2.50 bits per heavy atom. The minimum absolute atomic E-state index is 0. The van der Waals surface area contributed by atoms with E-state index in [1.165, 1.54) is 0 Å². The molecule has 1 heterocycles. The van der Waals surface area contributed by atoms with Crippen LogP contribution in [0.2, 0.25) is 0 Å². The van der Waals surface area contributed by atoms with Gasteiger partial charge in [-0.2, -0.15) is 0 Å². The van der Waals surface area contributed by atoms with Crippen molar-refractivity contribution in [1.29, 1.82) is 0 Å². The molecule has 0 saturated carbocycles. The minimum atomic E-state index is -0.455. The van der Waals surface area contributed by atoms with Crippen LogP contribution in [0.5, 0.6) is 0 Å². The number of ether oxygens (including phenoxy) is 1. The average Bonchev–Trinajstić information content (AvgIpc) is 2.98. The third kappa shape index (κ3) is 3.80. The second kappa shape index (κ2) is 8.51. The van der Waals surface area contributed by atoms with Gasteiger partial charge in [-0.05, 0) is 24.8 Å². The lowest BCUT2D eigenvalue weighted by Gasteiger charge is -2.31. The van der Waals surface area contributed by atoms with Crippen LogP contribution in [0.3, 0.4) is 0 Å². The van der Waals surface area contributed by atoms with E-state index in [1.54, 1.807) is 0 Å². The summed E-state index contributed by atoms with van der Waals surface area (Å²) in [5.74, 6) is 0.0615. The molecular formula is C17H27ClN2O2. The van der Waals surface area contributed by atoms with E-state index in [4.69, 9.17) is 10.5 Å². The lowest BCUT2D eigenvalue weighted by atomic mass is 9.81. The number of carbonyl (C=O) groups excluding carboxylic acids is 1. The first-order valence-electron chi connectivity index (χ1n) is 7.84. The van der Waals surface area contributed by atoms with Crippen molar-refractivity contribution in [3.8, 4) is 0 Å². The molecule has 2 atom stereocenters. The first kappa shape index (κ1) is 18.9. The van der Waals surface area contributed by atoms with Crippen LogP contribution < -0.4 is 11.1 Å². The Kier molecular flexibility index (Phi) is 7.33. The molecule has 3 N–H and O–H groups in total. The number of amides is 1. The molecule has 22 heavy (non-hydrogen) atoms. The summed E-state index contributed by atoms with van der Waals surface area (Å²) in [7, 11) is 0. The van der Waals surface area contributed by atoms with Gasteiger partial charge in [-0.25, -0.2) is 0 Å². The van der Waals surface area contributed by atoms with E-state index in [-0.39, 0.29) is 30.5 Å². The van der Waals surface area contributed by atoms with Gasteiger partial charge in [0.25, 0.3) is 0 Å². The molecule has 1 aliphatic rings. The third-order valence-corrected chi connectivity index (χ3v) is 4.76. The molecule has 1 amide bonds. The van der Waals surface area contributed by atoms with Crippen LogP contribution in [-0.2, 0) is 9.53 Å². The summed E-state index contributed by atoms with van der Waals surface area (Å²) in [5, 5.41) is 3.18. The molecule has 2 unspecified atom stereocenters. The van der Waals surface area contributed by atoms with E-state index in [0.29, 0.717) is 13.2 Å². The molecule has 0 bridgehead atoms. The van der Waals surface area contributed by atoms with Gasteiger partial charge < -0.3 is 15.8 Å². The molecule has 5 heteroatoms. The van der Waals surface area contributed by atoms with Crippen molar-refractivity contribution in [3.05, 3.63) is 35.9 Å².